The number of carboxylic acids is 6. The SMILES string of the molecule is NC(=O)CC(N)C(=O)O.NC(=O)CC(N)C(=O)O.NCC(=O)O.NCC(=O)O.NCC(=O)O.NCC(=O)O. The molecule has 0 aromatic heterocycles. The molecule has 0 saturated heterocycles. The number of hydrogen-bond acceptors (Lipinski definition) is 14. The number of aliphatic carboxylic acids is 6. The summed E-state index contributed by atoms with van der Waals surface area (Å²) in [6.45, 7) is -1.11. The van der Waals surface area contributed by atoms with Crippen molar-refractivity contribution in [1.29, 1.82) is 0 Å². The van der Waals surface area contributed by atoms with Gasteiger partial charge in [0.25, 0.3) is 0 Å². The van der Waals surface area contributed by atoms with Gasteiger partial charge in [0, 0.05) is 0 Å². The van der Waals surface area contributed by atoms with Crippen LogP contribution >= 0.6 is 0 Å². The molecule has 0 rings (SSSR count). The number of carboxylic acid groups (broad SMARTS) is 6. The Balaban J connectivity index is -0.0000000829. The highest BCUT2D eigenvalue weighted by atomic mass is 16.4. The fraction of sp³-hybridized carbons (Fsp3) is 0.500. The number of amides is 2. The summed E-state index contributed by atoms with van der Waals surface area (Å²) in [6.07, 6.45) is -0.620. The fourth-order valence-electron chi connectivity index (χ4n) is 0.608. The molecule has 0 aromatic rings. The first kappa shape index (κ1) is 46.8. The van der Waals surface area contributed by atoms with E-state index in [-0.39, 0.29) is 39.0 Å². The molecule has 224 valence electrons. The van der Waals surface area contributed by atoms with E-state index in [0.29, 0.717) is 0 Å². The van der Waals surface area contributed by atoms with Crippen LogP contribution in [0.3, 0.4) is 0 Å². The molecule has 0 aliphatic heterocycles. The van der Waals surface area contributed by atoms with E-state index in [1.807, 2.05) is 0 Å². The highest BCUT2D eigenvalue weighted by Gasteiger charge is 2.13. The van der Waals surface area contributed by atoms with Crippen LogP contribution in [0.25, 0.3) is 0 Å². The number of hydrogen-bond donors (Lipinski definition) is 14. The Morgan fingerprint density at radius 1 is 0.447 bits per heavy atom. The maximum Gasteiger partial charge on any atom is 0.321 e. The molecule has 38 heavy (non-hydrogen) atoms. The number of carbonyl (C=O) groups is 8. The number of primary amides is 2. The van der Waals surface area contributed by atoms with Crippen LogP contribution in [0.1, 0.15) is 12.8 Å². The van der Waals surface area contributed by atoms with Crippen LogP contribution in [0.2, 0.25) is 0 Å². The zero-order valence-corrected chi connectivity index (χ0v) is 20.0. The molecular formula is C16H36N8O14. The van der Waals surface area contributed by atoms with Gasteiger partial charge in [-0.05, 0) is 0 Å². The van der Waals surface area contributed by atoms with Crippen molar-refractivity contribution >= 4 is 47.6 Å². The van der Waals surface area contributed by atoms with Crippen molar-refractivity contribution in [2.24, 2.45) is 45.9 Å². The van der Waals surface area contributed by atoms with Gasteiger partial charge in [0.15, 0.2) is 0 Å². The number of nitrogens with two attached hydrogens (primary N) is 8. The lowest BCUT2D eigenvalue weighted by molar-refractivity contribution is -0.140. The summed E-state index contributed by atoms with van der Waals surface area (Å²) < 4.78 is 0. The Kier molecular flexibility index (Phi) is 40.1. The zero-order chi connectivity index (χ0) is 32.0. The van der Waals surface area contributed by atoms with Crippen LogP contribution in [-0.4, -0.2) is 117 Å². The predicted octanol–water partition coefficient (Wildman–Crippen LogP) is -7.33. The lowest BCUT2D eigenvalue weighted by atomic mass is 10.2. The van der Waals surface area contributed by atoms with Gasteiger partial charge in [0.1, 0.15) is 12.1 Å². The van der Waals surface area contributed by atoms with Crippen molar-refractivity contribution in [1.82, 2.24) is 0 Å². The molecule has 2 unspecified atom stereocenters. The quantitative estimate of drug-likeness (QED) is 0.117. The summed E-state index contributed by atoms with van der Waals surface area (Å²) in [5.74, 6) is -7.71. The minimum absolute atomic E-state index is 0.278. The van der Waals surface area contributed by atoms with E-state index in [2.05, 4.69) is 34.4 Å². The van der Waals surface area contributed by atoms with Gasteiger partial charge in [-0.1, -0.05) is 0 Å². The average Bonchev–Trinajstić information content (AvgIpc) is 2.79. The van der Waals surface area contributed by atoms with Gasteiger partial charge in [0.2, 0.25) is 11.8 Å². The second kappa shape index (κ2) is 32.5. The van der Waals surface area contributed by atoms with Gasteiger partial charge in [-0.3, -0.25) is 38.4 Å². The van der Waals surface area contributed by atoms with E-state index < -0.39 is 59.7 Å². The van der Waals surface area contributed by atoms with E-state index in [1.165, 1.54) is 0 Å². The van der Waals surface area contributed by atoms with Gasteiger partial charge in [0.05, 0.1) is 39.0 Å². The molecule has 0 saturated carbocycles. The standard InChI is InChI=1S/2C4H8N2O3.4C2H5NO2/c2*5-2(4(8)9)1-3(6)7;4*3-1-2(4)5/h2*2H,1,5H2,(H2,6,7)(H,8,9);4*1,3H2,(H,4,5). The van der Waals surface area contributed by atoms with E-state index in [4.69, 9.17) is 42.1 Å². The van der Waals surface area contributed by atoms with Crippen LogP contribution in [0, 0.1) is 0 Å². The zero-order valence-electron chi connectivity index (χ0n) is 20.0. The molecule has 2 amide bonds. The number of carbonyl (C=O) groups excluding carboxylic acids is 2. The summed E-state index contributed by atoms with van der Waals surface area (Å²) in [5.41, 5.74) is 37.4. The average molecular weight is 565 g/mol. The first-order chi connectivity index (χ1) is 17.2. The minimum atomic E-state index is -1.21. The normalized spacial score (nSPS) is 9.84. The summed E-state index contributed by atoms with van der Waals surface area (Å²) in [5, 5.41) is 46.6. The van der Waals surface area contributed by atoms with Gasteiger partial charge in [-0.25, -0.2) is 0 Å². The molecule has 0 aromatic carbocycles. The lowest BCUT2D eigenvalue weighted by Crippen LogP contribution is -2.34. The van der Waals surface area contributed by atoms with Gasteiger partial charge in [-0.15, -0.1) is 0 Å². The monoisotopic (exact) mass is 564 g/mol. The van der Waals surface area contributed by atoms with Crippen LogP contribution in [-0.2, 0) is 38.4 Å². The lowest BCUT2D eigenvalue weighted by Gasteiger charge is -1.99. The molecule has 2 atom stereocenters. The highest BCUT2D eigenvalue weighted by molar-refractivity contribution is 5.83. The smallest absolute Gasteiger partial charge is 0.321 e. The molecule has 0 aliphatic rings. The summed E-state index contributed by atoms with van der Waals surface area (Å²) in [7, 11) is 0. The van der Waals surface area contributed by atoms with E-state index in [9.17, 15) is 38.4 Å². The Bertz CT molecular complexity index is 647. The second-order valence-electron chi connectivity index (χ2n) is 5.62. The highest BCUT2D eigenvalue weighted by Crippen LogP contribution is 1.85. The molecular weight excluding hydrogens is 528 g/mol. The Morgan fingerprint density at radius 2 is 0.579 bits per heavy atom. The van der Waals surface area contributed by atoms with Crippen molar-refractivity contribution in [3.05, 3.63) is 0 Å². The Morgan fingerprint density at radius 3 is 0.605 bits per heavy atom. The molecule has 22 heteroatoms. The number of rotatable bonds is 10. The Hall–Kier alpha value is -4.48. The van der Waals surface area contributed by atoms with Gasteiger partial charge in [-0.2, -0.15) is 0 Å². The van der Waals surface area contributed by atoms with Crippen molar-refractivity contribution in [2.45, 2.75) is 24.9 Å². The largest absolute Gasteiger partial charge is 0.480 e. The third-order valence-corrected chi connectivity index (χ3v) is 2.18. The molecule has 22 N–H and O–H groups in total. The topological polar surface area (TPSA) is 466 Å². The van der Waals surface area contributed by atoms with Crippen LogP contribution in [0.15, 0.2) is 0 Å². The molecule has 0 aliphatic carbocycles. The van der Waals surface area contributed by atoms with E-state index in [1.54, 1.807) is 0 Å². The third-order valence-electron chi connectivity index (χ3n) is 2.18. The van der Waals surface area contributed by atoms with Gasteiger partial charge < -0.3 is 76.5 Å². The third kappa shape index (κ3) is 77.1. The first-order valence-electron chi connectivity index (χ1n) is 9.37. The maximum absolute atomic E-state index is 9.99. The maximum atomic E-state index is 9.99. The first-order valence-corrected chi connectivity index (χ1v) is 9.37. The predicted molar refractivity (Wildman–Crippen MR) is 126 cm³/mol. The molecule has 0 radical (unpaired) electrons. The van der Waals surface area contributed by atoms with E-state index in [0.717, 1.165) is 0 Å². The van der Waals surface area contributed by atoms with Gasteiger partial charge >= 0.3 is 35.8 Å². The minimum Gasteiger partial charge on any atom is -0.480 e. The van der Waals surface area contributed by atoms with Crippen molar-refractivity contribution < 1.29 is 69.0 Å². The molecule has 0 spiro atoms. The summed E-state index contributed by atoms with van der Waals surface area (Å²) >= 11 is 0. The molecule has 0 bridgehead atoms. The van der Waals surface area contributed by atoms with Crippen molar-refractivity contribution in [2.75, 3.05) is 26.2 Å². The summed E-state index contributed by atoms with van der Waals surface area (Å²) in [6, 6.07) is -2.33. The van der Waals surface area contributed by atoms with Crippen LogP contribution in [0.5, 0.6) is 0 Å². The fourth-order valence-corrected chi connectivity index (χ4v) is 0.608. The Labute approximate surface area is 214 Å². The second-order valence-corrected chi connectivity index (χ2v) is 5.62. The molecule has 0 fully saturated rings. The van der Waals surface area contributed by atoms with E-state index >= 15 is 0 Å². The molecule has 0 heterocycles. The van der Waals surface area contributed by atoms with Crippen molar-refractivity contribution in [3.63, 3.8) is 0 Å². The van der Waals surface area contributed by atoms with Crippen LogP contribution < -0.4 is 45.9 Å². The van der Waals surface area contributed by atoms with Crippen LogP contribution in [0.4, 0.5) is 0 Å². The summed E-state index contributed by atoms with van der Waals surface area (Å²) in [4.78, 5) is 76.8. The van der Waals surface area contributed by atoms with Crippen molar-refractivity contribution in [3.8, 4) is 0 Å². The molecule has 22 nitrogen and oxygen atoms in total.